The molecule has 0 bridgehead atoms. The van der Waals surface area contributed by atoms with E-state index >= 15 is 0 Å². The first-order valence-electron chi connectivity index (χ1n) is 7.07. The summed E-state index contributed by atoms with van der Waals surface area (Å²) < 4.78 is 0. The fraction of sp³-hybridized carbons (Fsp3) is 0.500. The zero-order chi connectivity index (χ0) is 18.5. The Kier molecular flexibility index (Phi) is 11.7. The van der Waals surface area contributed by atoms with Gasteiger partial charge in [-0.3, -0.25) is 19.7 Å². The molecule has 0 spiro atoms. The predicted octanol–water partition coefficient (Wildman–Crippen LogP) is 2.38. The highest BCUT2D eigenvalue weighted by Crippen LogP contribution is 2.14. The van der Waals surface area contributed by atoms with Crippen LogP contribution in [-0.4, -0.2) is 47.2 Å². The van der Waals surface area contributed by atoms with Crippen LogP contribution in [-0.2, 0) is 9.59 Å². The summed E-state index contributed by atoms with van der Waals surface area (Å²) in [6.45, 7) is 3.25. The molecule has 24 heavy (non-hydrogen) atoms. The van der Waals surface area contributed by atoms with E-state index in [1.54, 1.807) is 0 Å². The number of nitrogens with zero attached hydrogens (tertiary/aromatic N) is 2. The second-order valence-electron chi connectivity index (χ2n) is 4.96. The Balaban J connectivity index is 5.59. The van der Waals surface area contributed by atoms with Gasteiger partial charge in [0.25, 0.3) is 0 Å². The van der Waals surface area contributed by atoms with Gasteiger partial charge in [0.1, 0.15) is 0 Å². The Morgan fingerprint density at radius 1 is 1.00 bits per heavy atom. The van der Waals surface area contributed by atoms with Crippen molar-refractivity contribution in [2.45, 2.75) is 26.7 Å². The summed E-state index contributed by atoms with van der Waals surface area (Å²) in [7, 11) is 3.81. The highest BCUT2D eigenvalue weighted by molar-refractivity contribution is 8.17. The molecular weight excluding hydrogens is 348 g/mol. The van der Waals surface area contributed by atoms with Crippen molar-refractivity contribution in [3.05, 3.63) is 21.3 Å². The Hall–Kier alpha value is -1.74. The molecule has 0 N–H and O–H groups in total. The van der Waals surface area contributed by atoms with Crippen LogP contribution in [0, 0.1) is 32.5 Å². The van der Waals surface area contributed by atoms with Gasteiger partial charge >= 0.3 is 0 Å². The molecule has 0 aliphatic carbocycles. The van der Waals surface area contributed by atoms with E-state index in [1.807, 2.05) is 19.0 Å². The molecule has 130 valence electrons. The second kappa shape index (κ2) is 12.7. The van der Waals surface area contributed by atoms with Gasteiger partial charge in [-0.25, -0.2) is 0 Å². The molecule has 0 fully saturated rings. The lowest BCUT2D eigenvalue weighted by Gasteiger charge is -2.10. The van der Waals surface area contributed by atoms with Crippen molar-refractivity contribution in [1.82, 2.24) is 4.90 Å². The number of carbonyl (C=O) groups excluding carboxylic acids is 2. The third-order valence-electron chi connectivity index (χ3n) is 2.51. The second-order valence-corrected chi connectivity index (χ2v) is 6.92. The van der Waals surface area contributed by atoms with Crippen LogP contribution in [0.15, 0.2) is 11.1 Å². The highest BCUT2D eigenvalue weighted by atomic mass is 32.2. The van der Waals surface area contributed by atoms with E-state index in [9.17, 15) is 19.7 Å². The van der Waals surface area contributed by atoms with Gasteiger partial charge in [0, 0.05) is 66.4 Å². The molecule has 0 aromatic rings. The number of hydrogen-bond donors (Lipinski definition) is 0. The molecule has 0 saturated carbocycles. The first-order valence-corrected chi connectivity index (χ1v) is 8.71. The van der Waals surface area contributed by atoms with Crippen molar-refractivity contribution in [3.63, 3.8) is 0 Å². The molecule has 0 unspecified atom stereocenters. The Labute approximate surface area is 151 Å². The fourth-order valence-corrected chi connectivity index (χ4v) is 2.07. The molecular formula is C16H20N2O4S2. The van der Waals surface area contributed by atoms with Crippen molar-refractivity contribution in [2.75, 3.05) is 27.2 Å². The summed E-state index contributed by atoms with van der Waals surface area (Å²) in [5.74, 6) is 5.71. The van der Waals surface area contributed by atoms with Gasteiger partial charge in [0.05, 0.1) is 0 Å². The van der Waals surface area contributed by atoms with Gasteiger partial charge in [-0.1, -0.05) is 11.8 Å². The summed E-state index contributed by atoms with van der Waals surface area (Å²) in [5, 5.41) is 15.7. The smallest absolute Gasteiger partial charge is 0.208 e. The predicted molar refractivity (Wildman–Crippen MR) is 98.8 cm³/mol. The molecule has 0 aliphatic heterocycles. The van der Waals surface area contributed by atoms with Gasteiger partial charge in [-0.2, -0.15) is 0 Å². The SMILES string of the molecule is CC(=O)SC#CC(CCN(C)C)=C(C#CSC(C)=O)CC[N+](=O)[O-]. The normalized spacial score (nSPS) is 10.9. The zero-order valence-corrected chi connectivity index (χ0v) is 15.8. The van der Waals surface area contributed by atoms with E-state index in [4.69, 9.17) is 0 Å². The van der Waals surface area contributed by atoms with Crippen LogP contribution < -0.4 is 0 Å². The first kappa shape index (κ1) is 22.3. The van der Waals surface area contributed by atoms with E-state index in [1.165, 1.54) is 13.8 Å². The van der Waals surface area contributed by atoms with Crippen LogP contribution in [0.1, 0.15) is 26.7 Å². The van der Waals surface area contributed by atoms with Crippen LogP contribution in [0.3, 0.4) is 0 Å². The summed E-state index contributed by atoms with van der Waals surface area (Å²) in [5.41, 5.74) is 1.20. The topological polar surface area (TPSA) is 80.5 Å². The van der Waals surface area contributed by atoms with Gasteiger partial charge < -0.3 is 4.90 Å². The molecule has 0 radical (unpaired) electrons. The van der Waals surface area contributed by atoms with Crippen LogP contribution in [0.5, 0.6) is 0 Å². The van der Waals surface area contributed by atoms with E-state index in [0.29, 0.717) is 24.1 Å². The molecule has 0 atom stereocenters. The summed E-state index contributed by atoms with van der Waals surface area (Å²) in [6, 6.07) is 0. The third-order valence-corrected chi connectivity index (χ3v) is 3.49. The van der Waals surface area contributed by atoms with Crippen LogP contribution >= 0.6 is 23.5 Å². The quantitative estimate of drug-likeness (QED) is 0.404. The molecule has 0 heterocycles. The van der Waals surface area contributed by atoms with Crippen molar-refractivity contribution in [1.29, 1.82) is 0 Å². The molecule has 0 amide bonds. The summed E-state index contributed by atoms with van der Waals surface area (Å²) in [6.07, 6.45) is 0.700. The van der Waals surface area contributed by atoms with E-state index in [2.05, 4.69) is 22.3 Å². The van der Waals surface area contributed by atoms with Crippen molar-refractivity contribution in [2.24, 2.45) is 0 Å². The fourth-order valence-electron chi connectivity index (χ4n) is 1.43. The van der Waals surface area contributed by atoms with Crippen molar-refractivity contribution < 1.29 is 14.5 Å². The maximum absolute atomic E-state index is 11.0. The van der Waals surface area contributed by atoms with Crippen molar-refractivity contribution >= 4 is 33.8 Å². The minimum Gasteiger partial charge on any atom is -0.309 e. The van der Waals surface area contributed by atoms with E-state index in [-0.39, 0.29) is 23.2 Å². The maximum Gasteiger partial charge on any atom is 0.208 e. The van der Waals surface area contributed by atoms with E-state index < -0.39 is 4.92 Å². The van der Waals surface area contributed by atoms with Crippen LogP contribution in [0.2, 0.25) is 0 Å². The van der Waals surface area contributed by atoms with E-state index in [0.717, 1.165) is 23.5 Å². The molecule has 8 heteroatoms. The Morgan fingerprint density at radius 2 is 1.46 bits per heavy atom. The van der Waals surface area contributed by atoms with Gasteiger partial charge in [0.2, 0.25) is 6.54 Å². The molecule has 0 aliphatic rings. The largest absolute Gasteiger partial charge is 0.309 e. The third kappa shape index (κ3) is 12.8. The monoisotopic (exact) mass is 368 g/mol. The molecule has 0 aromatic carbocycles. The molecule has 0 aromatic heterocycles. The highest BCUT2D eigenvalue weighted by Gasteiger charge is 2.08. The minimum absolute atomic E-state index is 0.125. The number of thioether (sulfide) groups is 2. The lowest BCUT2D eigenvalue weighted by molar-refractivity contribution is -0.479. The van der Waals surface area contributed by atoms with Gasteiger partial charge in [-0.15, -0.1) is 0 Å². The molecule has 0 saturated heterocycles. The number of hydrogen-bond acceptors (Lipinski definition) is 7. The standard InChI is InChI=1S/C16H20N2O4S2/c1-13(19)23-11-7-15(5-9-17(3)4)16(6-10-18(21)22)8-12-24-14(2)20/h5-6,9-10H2,1-4H3. The van der Waals surface area contributed by atoms with Gasteiger partial charge in [-0.05, 0) is 31.0 Å². The zero-order valence-electron chi connectivity index (χ0n) is 14.2. The molecule has 0 rings (SSSR count). The molecule has 6 nitrogen and oxygen atoms in total. The van der Waals surface area contributed by atoms with Crippen molar-refractivity contribution in [3.8, 4) is 22.3 Å². The Morgan fingerprint density at radius 3 is 1.83 bits per heavy atom. The lowest BCUT2D eigenvalue weighted by Crippen LogP contribution is -2.14. The number of nitro groups is 1. The average Bonchev–Trinajstić information content (AvgIpc) is 2.45. The minimum atomic E-state index is -0.416. The van der Waals surface area contributed by atoms with Crippen LogP contribution in [0.25, 0.3) is 0 Å². The average molecular weight is 368 g/mol. The number of rotatable bonds is 6. The Bertz CT molecular complexity index is 634. The lowest BCUT2D eigenvalue weighted by atomic mass is 10.0. The van der Waals surface area contributed by atoms with Crippen LogP contribution in [0.4, 0.5) is 0 Å². The first-order chi connectivity index (χ1) is 11.2. The summed E-state index contributed by atoms with van der Waals surface area (Å²) >= 11 is 1.72. The maximum atomic E-state index is 11.0. The summed E-state index contributed by atoms with van der Waals surface area (Å²) in [4.78, 5) is 34.2. The number of carbonyl (C=O) groups is 2. The van der Waals surface area contributed by atoms with Gasteiger partial charge in [0.15, 0.2) is 10.2 Å².